The molecule has 116 valence electrons. The third-order valence-electron chi connectivity index (χ3n) is 4.11. The summed E-state index contributed by atoms with van der Waals surface area (Å²) >= 11 is 0. The predicted octanol–water partition coefficient (Wildman–Crippen LogP) is 5.23. The molecule has 0 saturated carbocycles. The van der Waals surface area contributed by atoms with Gasteiger partial charge in [-0.1, -0.05) is 42.5 Å². The molecular formula is C21H21NO. The average Bonchev–Trinajstić information content (AvgIpc) is 2.90. The molecule has 1 heterocycles. The highest BCUT2D eigenvalue weighted by Crippen LogP contribution is 2.36. The number of para-hydroxylation sites is 1. The van der Waals surface area contributed by atoms with Crippen LogP contribution in [0, 0.1) is 0 Å². The van der Waals surface area contributed by atoms with Crippen molar-refractivity contribution in [3.05, 3.63) is 79.5 Å². The fourth-order valence-corrected chi connectivity index (χ4v) is 3.12. The van der Waals surface area contributed by atoms with Crippen LogP contribution in [0.4, 0.5) is 0 Å². The first-order chi connectivity index (χ1) is 11.3. The van der Waals surface area contributed by atoms with Gasteiger partial charge in [-0.15, -0.1) is 13.2 Å². The van der Waals surface area contributed by atoms with Crippen molar-refractivity contribution in [1.82, 2.24) is 4.57 Å². The lowest BCUT2D eigenvalue weighted by atomic mass is 10.0. The SMILES string of the molecule is C=CCc1c(-c2ccc(OC)cc2)c2ccccc2n1CC=C. The molecule has 0 fully saturated rings. The molecule has 0 unspecified atom stereocenters. The maximum Gasteiger partial charge on any atom is 0.118 e. The van der Waals surface area contributed by atoms with Gasteiger partial charge in [-0.05, 0) is 23.8 Å². The van der Waals surface area contributed by atoms with Crippen LogP contribution in [0.1, 0.15) is 5.69 Å². The Morgan fingerprint density at radius 1 is 1.00 bits per heavy atom. The van der Waals surface area contributed by atoms with Gasteiger partial charge >= 0.3 is 0 Å². The highest BCUT2D eigenvalue weighted by Gasteiger charge is 2.16. The van der Waals surface area contributed by atoms with Crippen LogP contribution in [0.2, 0.25) is 0 Å². The summed E-state index contributed by atoms with van der Waals surface area (Å²) in [7, 11) is 1.69. The molecule has 0 amide bonds. The normalized spacial score (nSPS) is 10.7. The molecule has 23 heavy (non-hydrogen) atoms. The van der Waals surface area contributed by atoms with Gasteiger partial charge in [0.05, 0.1) is 7.11 Å². The molecule has 0 radical (unpaired) electrons. The third-order valence-corrected chi connectivity index (χ3v) is 4.11. The molecule has 0 spiro atoms. The molecular weight excluding hydrogens is 282 g/mol. The van der Waals surface area contributed by atoms with Gasteiger partial charge in [0, 0.05) is 35.1 Å². The first-order valence-corrected chi connectivity index (χ1v) is 7.76. The van der Waals surface area contributed by atoms with Gasteiger partial charge in [-0.2, -0.15) is 0 Å². The first kappa shape index (κ1) is 15.2. The maximum atomic E-state index is 5.28. The summed E-state index contributed by atoms with van der Waals surface area (Å²) in [4.78, 5) is 0. The summed E-state index contributed by atoms with van der Waals surface area (Å²) in [5.74, 6) is 0.869. The summed E-state index contributed by atoms with van der Waals surface area (Å²) in [5, 5.41) is 1.26. The van der Waals surface area contributed by atoms with Gasteiger partial charge in [-0.3, -0.25) is 0 Å². The van der Waals surface area contributed by atoms with Crippen LogP contribution in [-0.2, 0) is 13.0 Å². The van der Waals surface area contributed by atoms with Gasteiger partial charge in [-0.25, -0.2) is 0 Å². The van der Waals surface area contributed by atoms with Crippen molar-refractivity contribution < 1.29 is 4.74 Å². The van der Waals surface area contributed by atoms with E-state index in [9.17, 15) is 0 Å². The van der Waals surface area contributed by atoms with Crippen LogP contribution in [0.15, 0.2) is 73.8 Å². The lowest BCUT2D eigenvalue weighted by Gasteiger charge is -2.09. The molecule has 0 atom stereocenters. The second kappa shape index (κ2) is 6.57. The van der Waals surface area contributed by atoms with E-state index in [1.54, 1.807) is 7.11 Å². The van der Waals surface area contributed by atoms with E-state index in [2.05, 4.69) is 54.1 Å². The Hall–Kier alpha value is -2.74. The van der Waals surface area contributed by atoms with Crippen molar-refractivity contribution in [2.45, 2.75) is 13.0 Å². The number of hydrogen-bond acceptors (Lipinski definition) is 1. The lowest BCUT2D eigenvalue weighted by molar-refractivity contribution is 0.415. The Kier molecular flexibility index (Phi) is 4.33. The fourth-order valence-electron chi connectivity index (χ4n) is 3.12. The molecule has 2 heteroatoms. The standard InChI is InChI=1S/C21H21NO/c1-4-8-20-21(16-11-13-17(23-3)14-12-16)18-9-6-7-10-19(18)22(20)15-5-2/h4-7,9-14H,1-2,8,15H2,3H3. The zero-order chi connectivity index (χ0) is 16.2. The van der Waals surface area contributed by atoms with E-state index in [-0.39, 0.29) is 0 Å². The van der Waals surface area contributed by atoms with Crippen LogP contribution in [-0.4, -0.2) is 11.7 Å². The summed E-state index contributed by atoms with van der Waals surface area (Å²) in [6, 6.07) is 16.8. The van der Waals surface area contributed by atoms with E-state index < -0.39 is 0 Å². The number of allylic oxidation sites excluding steroid dienone is 2. The largest absolute Gasteiger partial charge is 0.497 e. The van der Waals surface area contributed by atoms with Crippen LogP contribution in [0.3, 0.4) is 0 Å². The van der Waals surface area contributed by atoms with Gasteiger partial charge in [0.25, 0.3) is 0 Å². The molecule has 0 N–H and O–H groups in total. The van der Waals surface area contributed by atoms with Crippen molar-refractivity contribution in [3.63, 3.8) is 0 Å². The topological polar surface area (TPSA) is 14.2 Å². The highest BCUT2D eigenvalue weighted by atomic mass is 16.5. The van der Waals surface area contributed by atoms with Crippen LogP contribution < -0.4 is 4.74 Å². The number of ether oxygens (including phenoxy) is 1. The molecule has 0 aliphatic heterocycles. The number of fused-ring (bicyclic) bond motifs is 1. The zero-order valence-electron chi connectivity index (χ0n) is 13.5. The van der Waals surface area contributed by atoms with Gasteiger partial charge in [0.1, 0.15) is 5.75 Å². The molecule has 0 saturated heterocycles. The van der Waals surface area contributed by atoms with Gasteiger partial charge < -0.3 is 9.30 Å². The molecule has 3 aromatic rings. The molecule has 2 aromatic carbocycles. The second-order valence-electron chi connectivity index (χ2n) is 5.46. The number of aromatic nitrogens is 1. The van der Waals surface area contributed by atoms with E-state index in [0.29, 0.717) is 0 Å². The minimum Gasteiger partial charge on any atom is -0.497 e. The molecule has 0 bridgehead atoms. The quantitative estimate of drug-likeness (QED) is 0.569. The smallest absolute Gasteiger partial charge is 0.118 e. The molecule has 0 aliphatic carbocycles. The Labute approximate surface area is 137 Å². The van der Waals surface area contributed by atoms with E-state index in [1.165, 1.54) is 27.7 Å². The Balaban J connectivity index is 2.30. The number of benzene rings is 2. The fraction of sp³-hybridized carbons (Fsp3) is 0.143. The van der Waals surface area contributed by atoms with Crippen LogP contribution >= 0.6 is 0 Å². The van der Waals surface area contributed by atoms with Crippen LogP contribution in [0.5, 0.6) is 5.75 Å². The highest BCUT2D eigenvalue weighted by molar-refractivity contribution is 5.98. The Morgan fingerprint density at radius 3 is 2.39 bits per heavy atom. The summed E-state index contributed by atoms with van der Waals surface area (Å²) in [6.45, 7) is 8.63. The molecule has 1 aromatic heterocycles. The van der Waals surface area contributed by atoms with E-state index in [0.717, 1.165) is 18.7 Å². The monoisotopic (exact) mass is 303 g/mol. The van der Waals surface area contributed by atoms with Gasteiger partial charge in [0.2, 0.25) is 0 Å². The summed E-state index contributed by atoms with van der Waals surface area (Å²) in [5.41, 5.74) is 4.97. The maximum absolute atomic E-state index is 5.28. The van der Waals surface area contributed by atoms with Gasteiger partial charge in [0.15, 0.2) is 0 Å². The third kappa shape index (κ3) is 2.68. The Bertz CT molecular complexity index is 840. The second-order valence-corrected chi connectivity index (χ2v) is 5.46. The molecule has 3 rings (SSSR count). The van der Waals surface area contributed by atoms with Crippen molar-refractivity contribution >= 4 is 10.9 Å². The molecule has 2 nitrogen and oxygen atoms in total. The molecule has 0 aliphatic rings. The number of nitrogens with zero attached hydrogens (tertiary/aromatic N) is 1. The minimum absolute atomic E-state index is 0.792. The number of methoxy groups -OCH3 is 1. The average molecular weight is 303 g/mol. The van der Waals surface area contributed by atoms with Crippen LogP contribution in [0.25, 0.3) is 22.0 Å². The minimum atomic E-state index is 0.792. The van der Waals surface area contributed by atoms with Crippen molar-refractivity contribution in [2.75, 3.05) is 7.11 Å². The number of rotatable bonds is 6. The predicted molar refractivity (Wildman–Crippen MR) is 98.0 cm³/mol. The zero-order valence-corrected chi connectivity index (χ0v) is 13.5. The van der Waals surface area contributed by atoms with Crippen molar-refractivity contribution in [3.8, 4) is 16.9 Å². The van der Waals surface area contributed by atoms with Crippen molar-refractivity contribution in [2.24, 2.45) is 0 Å². The van der Waals surface area contributed by atoms with E-state index in [1.807, 2.05) is 24.3 Å². The first-order valence-electron chi connectivity index (χ1n) is 7.76. The van der Waals surface area contributed by atoms with Crippen molar-refractivity contribution in [1.29, 1.82) is 0 Å². The Morgan fingerprint density at radius 2 is 1.74 bits per heavy atom. The lowest BCUT2D eigenvalue weighted by Crippen LogP contribution is -2.01. The summed E-state index contributed by atoms with van der Waals surface area (Å²) < 4.78 is 7.60. The van der Waals surface area contributed by atoms with E-state index in [4.69, 9.17) is 4.74 Å². The van der Waals surface area contributed by atoms with E-state index >= 15 is 0 Å². The summed E-state index contributed by atoms with van der Waals surface area (Å²) in [6.07, 6.45) is 4.72. The number of hydrogen-bond donors (Lipinski definition) is 0.